The second kappa shape index (κ2) is 5.59. The van der Waals surface area contributed by atoms with Crippen molar-refractivity contribution >= 4 is 23.4 Å². The smallest absolute Gasteiger partial charge is 0.138 e. The number of hydrogen-bond donors (Lipinski definition) is 1. The maximum Gasteiger partial charge on any atom is 0.138 e. The summed E-state index contributed by atoms with van der Waals surface area (Å²) < 4.78 is 13.4. The van der Waals surface area contributed by atoms with Crippen LogP contribution in [0, 0.1) is 0 Å². The molecule has 4 heteroatoms. The van der Waals surface area contributed by atoms with Gasteiger partial charge in [-0.05, 0) is 31.0 Å². The minimum atomic E-state index is -0.992. The van der Waals surface area contributed by atoms with Gasteiger partial charge in [-0.25, -0.2) is 4.39 Å². The highest BCUT2D eigenvalue weighted by atomic mass is 35.5. The molecule has 1 aromatic rings. The Balaban J connectivity index is 2.85. The van der Waals surface area contributed by atoms with E-state index in [-0.39, 0.29) is 0 Å². The van der Waals surface area contributed by atoms with Gasteiger partial charge in [-0.3, -0.25) is 0 Å². The number of nitrogens with one attached hydrogen (secondary N) is 1. The van der Waals surface area contributed by atoms with E-state index in [9.17, 15) is 4.39 Å². The quantitative estimate of drug-likeness (QED) is 0.801. The molecule has 0 aliphatic rings. The molecule has 0 fully saturated rings. The van der Waals surface area contributed by atoms with Gasteiger partial charge in [0.1, 0.15) is 6.17 Å². The van der Waals surface area contributed by atoms with Gasteiger partial charge in [0.2, 0.25) is 0 Å². The summed E-state index contributed by atoms with van der Waals surface area (Å²) in [5, 5.41) is 3.41. The van der Waals surface area contributed by atoms with Gasteiger partial charge in [-0.2, -0.15) is 0 Å². The minimum Gasteiger partial charge on any atom is -0.317 e. The first-order valence-corrected chi connectivity index (χ1v) is 5.91. The average Bonchev–Trinajstić information content (AvgIpc) is 2.18. The largest absolute Gasteiger partial charge is 0.317 e. The molecule has 14 heavy (non-hydrogen) atoms. The average molecular weight is 234 g/mol. The molecule has 0 aliphatic carbocycles. The Morgan fingerprint density at radius 3 is 2.79 bits per heavy atom. The molecule has 1 nitrogen and oxygen atoms in total. The molecule has 1 rings (SSSR count). The van der Waals surface area contributed by atoms with E-state index in [1.807, 2.05) is 12.3 Å². The summed E-state index contributed by atoms with van der Waals surface area (Å²) in [6.07, 6.45) is 0.954. The number of hydrogen-bond acceptors (Lipinski definition) is 2. The molecule has 0 radical (unpaired) electrons. The summed E-state index contributed by atoms with van der Waals surface area (Å²) in [7, 11) is 1.73. The first-order valence-electron chi connectivity index (χ1n) is 4.31. The molecule has 0 saturated heterocycles. The van der Waals surface area contributed by atoms with Crippen LogP contribution in [0.3, 0.4) is 0 Å². The second-order valence-electron chi connectivity index (χ2n) is 2.92. The maximum absolute atomic E-state index is 13.4. The molecule has 0 spiro atoms. The summed E-state index contributed by atoms with van der Waals surface area (Å²) in [5.41, 5.74) is 0.627. The van der Waals surface area contributed by atoms with Crippen molar-refractivity contribution < 1.29 is 4.39 Å². The molecule has 1 aromatic carbocycles. The SMILES string of the molecule is CNCC(F)c1ccc(SC)c(Cl)c1. The van der Waals surface area contributed by atoms with Crippen LogP contribution in [-0.4, -0.2) is 19.8 Å². The topological polar surface area (TPSA) is 12.0 Å². The molecule has 0 aromatic heterocycles. The van der Waals surface area contributed by atoms with Crippen LogP contribution >= 0.6 is 23.4 Å². The van der Waals surface area contributed by atoms with Crippen LogP contribution in [-0.2, 0) is 0 Å². The fourth-order valence-electron chi connectivity index (χ4n) is 1.17. The first-order chi connectivity index (χ1) is 6.69. The molecule has 78 valence electrons. The lowest BCUT2D eigenvalue weighted by Gasteiger charge is -2.09. The monoisotopic (exact) mass is 233 g/mol. The zero-order valence-electron chi connectivity index (χ0n) is 8.18. The molecular formula is C10H13ClFNS. The Bertz CT molecular complexity index is 306. The highest BCUT2D eigenvalue weighted by Crippen LogP contribution is 2.29. The standard InChI is InChI=1S/C10H13ClFNS/c1-13-6-9(12)7-3-4-10(14-2)8(11)5-7/h3-5,9,13H,6H2,1-2H3. The number of rotatable bonds is 4. The van der Waals surface area contributed by atoms with Gasteiger partial charge in [0.15, 0.2) is 0 Å². The molecule has 0 heterocycles. The van der Waals surface area contributed by atoms with Gasteiger partial charge in [0, 0.05) is 11.4 Å². The van der Waals surface area contributed by atoms with E-state index < -0.39 is 6.17 Å². The normalized spacial score (nSPS) is 12.9. The third-order valence-electron chi connectivity index (χ3n) is 1.92. The Hall–Kier alpha value is -0.250. The van der Waals surface area contributed by atoms with E-state index in [1.54, 1.807) is 30.9 Å². The summed E-state index contributed by atoms with van der Waals surface area (Å²) in [5.74, 6) is 0. The maximum atomic E-state index is 13.4. The number of likely N-dealkylation sites (N-methyl/N-ethyl adjacent to an activating group) is 1. The van der Waals surface area contributed by atoms with Crippen molar-refractivity contribution in [2.75, 3.05) is 19.8 Å². The van der Waals surface area contributed by atoms with Gasteiger partial charge in [-0.1, -0.05) is 17.7 Å². The Kier molecular flexibility index (Phi) is 4.72. The third kappa shape index (κ3) is 2.87. The van der Waals surface area contributed by atoms with Gasteiger partial charge < -0.3 is 5.32 Å². The summed E-state index contributed by atoms with van der Waals surface area (Å²) in [4.78, 5) is 0.979. The van der Waals surface area contributed by atoms with Gasteiger partial charge in [0.25, 0.3) is 0 Å². The van der Waals surface area contributed by atoms with Crippen LogP contribution in [0.1, 0.15) is 11.7 Å². The van der Waals surface area contributed by atoms with Crippen molar-refractivity contribution in [2.24, 2.45) is 0 Å². The Morgan fingerprint density at radius 1 is 1.57 bits per heavy atom. The number of thioether (sulfide) groups is 1. The molecule has 0 aliphatic heterocycles. The number of halogens is 2. The van der Waals surface area contributed by atoms with E-state index >= 15 is 0 Å². The van der Waals surface area contributed by atoms with Crippen LogP contribution in [0.4, 0.5) is 4.39 Å². The van der Waals surface area contributed by atoms with Gasteiger partial charge in [0.05, 0.1) is 5.02 Å². The van der Waals surface area contributed by atoms with Gasteiger partial charge in [-0.15, -0.1) is 11.8 Å². The molecule has 0 saturated carbocycles. The van der Waals surface area contributed by atoms with E-state index in [1.165, 1.54) is 0 Å². The van der Waals surface area contributed by atoms with Crippen LogP contribution in [0.5, 0.6) is 0 Å². The molecule has 0 amide bonds. The van der Waals surface area contributed by atoms with Crippen molar-refractivity contribution in [1.29, 1.82) is 0 Å². The third-order valence-corrected chi connectivity index (χ3v) is 3.14. The zero-order chi connectivity index (χ0) is 10.6. The minimum absolute atomic E-state index is 0.314. The lowest BCUT2D eigenvalue weighted by atomic mass is 10.1. The van der Waals surface area contributed by atoms with Crippen LogP contribution in [0.2, 0.25) is 5.02 Å². The molecule has 1 atom stereocenters. The molecule has 1 N–H and O–H groups in total. The predicted molar refractivity (Wildman–Crippen MR) is 61.0 cm³/mol. The van der Waals surface area contributed by atoms with E-state index in [0.29, 0.717) is 17.1 Å². The number of alkyl halides is 1. The van der Waals surface area contributed by atoms with Crippen LogP contribution in [0.25, 0.3) is 0 Å². The highest BCUT2D eigenvalue weighted by Gasteiger charge is 2.10. The van der Waals surface area contributed by atoms with Crippen molar-refractivity contribution in [3.63, 3.8) is 0 Å². The predicted octanol–water partition coefficient (Wildman–Crippen LogP) is 3.29. The van der Waals surface area contributed by atoms with Crippen molar-refractivity contribution in [3.8, 4) is 0 Å². The van der Waals surface area contributed by atoms with Crippen LogP contribution in [0.15, 0.2) is 23.1 Å². The molecular weight excluding hydrogens is 221 g/mol. The second-order valence-corrected chi connectivity index (χ2v) is 4.17. The Morgan fingerprint density at radius 2 is 2.29 bits per heavy atom. The van der Waals surface area contributed by atoms with E-state index in [4.69, 9.17) is 11.6 Å². The fourth-order valence-corrected chi connectivity index (χ4v) is 2.05. The fraction of sp³-hybridized carbons (Fsp3) is 0.400. The lowest BCUT2D eigenvalue weighted by Crippen LogP contribution is -2.13. The zero-order valence-corrected chi connectivity index (χ0v) is 9.75. The Labute approximate surface area is 93.0 Å². The first kappa shape index (κ1) is 11.8. The lowest BCUT2D eigenvalue weighted by molar-refractivity contribution is 0.335. The van der Waals surface area contributed by atoms with Crippen molar-refractivity contribution in [3.05, 3.63) is 28.8 Å². The number of benzene rings is 1. The highest BCUT2D eigenvalue weighted by molar-refractivity contribution is 7.98. The van der Waals surface area contributed by atoms with Gasteiger partial charge >= 0.3 is 0 Å². The molecule has 1 unspecified atom stereocenters. The van der Waals surface area contributed by atoms with E-state index in [0.717, 1.165) is 4.90 Å². The van der Waals surface area contributed by atoms with Crippen LogP contribution < -0.4 is 5.32 Å². The van der Waals surface area contributed by atoms with Crippen molar-refractivity contribution in [1.82, 2.24) is 5.32 Å². The summed E-state index contributed by atoms with van der Waals surface area (Å²) in [6, 6.07) is 5.32. The van der Waals surface area contributed by atoms with E-state index in [2.05, 4.69) is 5.32 Å². The molecule has 0 bridgehead atoms. The summed E-state index contributed by atoms with van der Waals surface area (Å²) in [6.45, 7) is 0.314. The van der Waals surface area contributed by atoms with Crippen molar-refractivity contribution in [2.45, 2.75) is 11.1 Å². The summed E-state index contributed by atoms with van der Waals surface area (Å²) >= 11 is 7.53.